The average molecular weight is 367 g/mol. The smallest absolute Gasteiger partial charge is 0.321 e. The minimum atomic E-state index is -0.0956. The van der Waals surface area contributed by atoms with Crippen molar-refractivity contribution in [1.82, 2.24) is 9.80 Å². The monoisotopic (exact) mass is 367 g/mol. The minimum absolute atomic E-state index is 0.0956. The summed E-state index contributed by atoms with van der Waals surface area (Å²) in [5.41, 5.74) is 0.799. The molecule has 0 saturated carbocycles. The van der Waals surface area contributed by atoms with Gasteiger partial charge in [-0.15, -0.1) is 0 Å². The Morgan fingerprint density at radius 2 is 1.67 bits per heavy atom. The van der Waals surface area contributed by atoms with E-state index in [2.05, 4.69) is 25.2 Å². The lowest BCUT2D eigenvalue weighted by Crippen LogP contribution is -2.39. The summed E-state index contributed by atoms with van der Waals surface area (Å²) in [6.45, 7) is 6.86. The van der Waals surface area contributed by atoms with Crippen molar-refractivity contribution in [2.75, 3.05) is 31.5 Å². The summed E-state index contributed by atoms with van der Waals surface area (Å²) in [5.74, 6) is 0.741. The van der Waals surface area contributed by atoms with Crippen LogP contribution in [-0.2, 0) is 4.79 Å². The summed E-state index contributed by atoms with van der Waals surface area (Å²) in [6.07, 6.45) is 2.33. The summed E-state index contributed by atoms with van der Waals surface area (Å²) in [6, 6.07) is 13.9. The van der Waals surface area contributed by atoms with Crippen LogP contribution in [0.4, 0.5) is 10.5 Å². The average Bonchev–Trinajstić information content (AvgIpc) is 2.92. The Kier molecular flexibility index (Phi) is 6.32. The van der Waals surface area contributed by atoms with Gasteiger partial charge in [-0.25, -0.2) is 4.79 Å². The van der Waals surface area contributed by atoms with Gasteiger partial charge in [0.1, 0.15) is 0 Å². The predicted octanol–water partition coefficient (Wildman–Crippen LogP) is 4.34. The predicted molar refractivity (Wildman–Crippen MR) is 110 cm³/mol. The third kappa shape index (κ3) is 5.22. The molecule has 1 saturated heterocycles. The first-order valence-electron chi connectivity index (χ1n) is 9.85. The third-order valence-corrected chi connectivity index (χ3v) is 5.07. The number of anilines is 1. The number of nitrogens with one attached hydrogen (secondary N) is 1. The molecule has 0 unspecified atom stereocenters. The molecular weight excluding hydrogens is 338 g/mol. The van der Waals surface area contributed by atoms with Gasteiger partial charge in [0.05, 0.1) is 0 Å². The van der Waals surface area contributed by atoms with Crippen molar-refractivity contribution < 1.29 is 9.59 Å². The van der Waals surface area contributed by atoms with Crippen LogP contribution in [0.3, 0.4) is 0 Å². The Morgan fingerprint density at radius 1 is 0.963 bits per heavy atom. The zero-order valence-corrected chi connectivity index (χ0v) is 16.3. The quantitative estimate of drug-likeness (QED) is 0.874. The molecule has 0 spiro atoms. The molecule has 5 heteroatoms. The maximum absolute atomic E-state index is 12.7. The maximum atomic E-state index is 12.7. The van der Waals surface area contributed by atoms with Gasteiger partial charge >= 0.3 is 6.03 Å². The Balaban J connectivity index is 1.56. The van der Waals surface area contributed by atoms with Gasteiger partial charge in [0.2, 0.25) is 5.91 Å². The third-order valence-electron chi connectivity index (χ3n) is 5.07. The topological polar surface area (TPSA) is 52.7 Å². The number of urea groups is 1. The molecule has 27 heavy (non-hydrogen) atoms. The van der Waals surface area contributed by atoms with E-state index in [1.165, 1.54) is 0 Å². The van der Waals surface area contributed by atoms with Crippen molar-refractivity contribution in [1.29, 1.82) is 0 Å². The van der Waals surface area contributed by atoms with E-state index in [1.807, 2.05) is 46.2 Å². The molecule has 0 aliphatic carbocycles. The molecule has 1 N–H and O–H groups in total. The molecule has 1 heterocycles. The van der Waals surface area contributed by atoms with Crippen molar-refractivity contribution in [2.45, 2.75) is 33.1 Å². The number of hydrogen-bond donors (Lipinski definition) is 1. The number of nitrogens with zero attached hydrogens (tertiary/aromatic N) is 2. The SMILES string of the molecule is CC(C)CCC(=O)N1CCCN(C(=O)Nc2ccc3ccccc3c2)CC1. The fourth-order valence-electron chi connectivity index (χ4n) is 3.41. The van der Waals surface area contributed by atoms with Gasteiger partial charge in [-0.3, -0.25) is 4.79 Å². The highest BCUT2D eigenvalue weighted by atomic mass is 16.2. The molecule has 2 aromatic rings. The molecule has 1 aliphatic rings. The Labute approximate surface area is 161 Å². The van der Waals surface area contributed by atoms with Crippen molar-refractivity contribution in [2.24, 2.45) is 5.92 Å². The highest BCUT2D eigenvalue weighted by molar-refractivity contribution is 5.93. The van der Waals surface area contributed by atoms with Crippen molar-refractivity contribution in [3.05, 3.63) is 42.5 Å². The van der Waals surface area contributed by atoms with Crippen molar-refractivity contribution in [3.8, 4) is 0 Å². The van der Waals surface area contributed by atoms with Crippen LogP contribution in [0.1, 0.15) is 33.1 Å². The number of benzene rings is 2. The Bertz CT molecular complexity index is 803. The number of hydrogen-bond acceptors (Lipinski definition) is 2. The Morgan fingerprint density at radius 3 is 2.44 bits per heavy atom. The van der Waals surface area contributed by atoms with Gasteiger partial charge in [-0.05, 0) is 41.7 Å². The molecule has 5 nitrogen and oxygen atoms in total. The first-order chi connectivity index (χ1) is 13.0. The summed E-state index contributed by atoms with van der Waals surface area (Å²) in [7, 11) is 0. The summed E-state index contributed by atoms with van der Waals surface area (Å²) in [4.78, 5) is 28.7. The molecule has 3 amide bonds. The molecule has 0 bridgehead atoms. The zero-order valence-electron chi connectivity index (χ0n) is 16.3. The van der Waals surface area contributed by atoms with Gasteiger partial charge in [0.25, 0.3) is 0 Å². The van der Waals surface area contributed by atoms with Gasteiger partial charge in [-0.2, -0.15) is 0 Å². The molecule has 0 radical (unpaired) electrons. The first-order valence-corrected chi connectivity index (χ1v) is 9.85. The van der Waals surface area contributed by atoms with Crippen LogP contribution < -0.4 is 5.32 Å². The molecule has 2 aromatic carbocycles. The summed E-state index contributed by atoms with van der Waals surface area (Å²) >= 11 is 0. The van der Waals surface area contributed by atoms with E-state index in [0.717, 1.165) is 35.8 Å². The number of fused-ring (bicyclic) bond motifs is 1. The minimum Gasteiger partial charge on any atom is -0.341 e. The normalized spacial score (nSPS) is 15.1. The molecule has 144 valence electrons. The standard InChI is InChI=1S/C22H29N3O2/c1-17(2)8-11-21(26)24-12-5-13-25(15-14-24)22(27)23-20-10-9-18-6-3-4-7-19(18)16-20/h3-4,6-7,9-10,16-17H,5,8,11-15H2,1-2H3,(H,23,27). The van der Waals surface area contributed by atoms with E-state index in [-0.39, 0.29) is 11.9 Å². The molecule has 1 aliphatic heterocycles. The number of carbonyl (C=O) groups is 2. The lowest BCUT2D eigenvalue weighted by molar-refractivity contribution is -0.131. The van der Waals surface area contributed by atoms with Crippen LogP contribution in [0.15, 0.2) is 42.5 Å². The van der Waals surface area contributed by atoms with Gasteiger partial charge in [0, 0.05) is 38.3 Å². The van der Waals surface area contributed by atoms with Crippen molar-refractivity contribution in [3.63, 3.8) is 0 Å². The van der Waals surface area contributed by atoms with Crippen LogP contribution in [0.25, 0.3) is 10.8 Å². The lowest BCUT2D eigenvalue weighted by Gasteiger charge is -2.23. The van der Waals surface area contributed by atoms with E-state index in [0.29, 0.717) is 32.0 Å². The zero-order chi connectivity index (χ0) is 19.2. The van der Waals surface area contributed by atoms with Crippen LogP contribution >= 0.6 is 0 Å². The number of amides is 3. The van der Waals surface area contributed by atoms with Gasteiger partial charge < -0.3 is 15.1 Å². The van der Waals surface area contributed by atoms with Crippen molar-refractivity contribution >= 4 is 28.4 Å². The molecule has 0 aromatic heterocycles. The Hall–Kier alpha value is -2.56. The lowest BCUT2D eigenvalue weighted by atomic mass is 10.1. The van der Waals surface area contributed by atoms with Crippen LogP contribution in [0.5, 0.6) is 0 Å². The molecular formula is C22H29N3O2. The second-order valence-electron chi connectivity index (χ2n) is 7.65. The fraction of sp³-hybridized carbons (Fsp3) is 0.455. The molecule has 1 fully saturated rings. The fourth-order valence-corrected chi connectivity index (χ4v) is 3.41. The van der Waals surface area contributed by atoms with Crippen LogP contribution in [-0.4, -0.2) is 47.9 Å². The number of rotatable bonds is 4. The van der Waals surface area contributed by atoms with Crippen LogP contribution in [0.2, 0.25) is 0 Å². The van der Waals surface area contributed by atoms with E-state index in [9.17, 15) is 9.59 Å². The highest BCUT2D eigenvalue weighted by Crippen LogP contribution is 2.19. The second-order valence-corrected chi connectivity index (χ2v) is 7.65. The molecule has 0 atom stereocenters. The van der Waals surface area contributed by atoms with Gasteiger partial charge in [-0.1, -0.05) is 44.2 Å². The molecule has 3 rings (SSSR count). The first kappa shape index (κ1) is 19.2. The highest BCUT2D eigenvalue weighted by Gasteiger charge is 2.22. The largest absolute Gasteiger partial charge is 0.341 e. The maximum Gasteiger partial charge on any atom is 0.321 e. The van der Waals surface area contributed by atoms with Crippen LogP contribution in [0, 0.1) is 5.92 Å². The van der Waals surface area contributed by atoms with E-state index < -0.39 is 0 Å². The van der Waals surface area contributed by atoms with E-state index >= 15 is 0 Å². The van der Waals surface area contributed by atoms with Gasteiger partial charge in [0.15, 0.2) is 0 Å². The van der Waals surface area contributed by atoms with E-state index in [1.54, 1.807) is 0 Å². The second kappa shape index (κ2) is 8.89. The van der Waals surface area contributed by atoms with E-state index in [4.69, 9.17) is 0 Å². The summed E-state index contributed by atoms with van der Waals surface area (Å²) < 4.78 is 0. The number of carbonyl (C=O) groups excluding carboxylic acids is 2. The summed E-state index contributed by atoms with van der Waals surface area (Å²) in [5, 5.41) is 5.26.